The van der Waals surface area contributed by atoms with Gasteiger partial charge in [-0.1, -0.05) is 18.6 Å². The highest BCUT2D eigenvalue weighted by Gasteiger charge is 2.31. The normalized spacial score (nSPS) is 21.2. The Labute approximate surface area is 137 Å². The van der Waals surface area contributed by atoms with Gasteiger partial charge in [0.15, 0.2) is 0 Å². The molecule has 124 valence electrons. The molecular formula is C14H22ClN3O3S. The third-order valence-corrected chi connectivity index (χ3v) is 4.62. The van der Waals surface area contributed by atoms with E-state index in [-0.39, 0.29) is 35.9 Å². The van der Waals surface area contributed by atoms with E-state index in [0.717, 1.165) is 19.3 Å². The van der Waals surface area contributed by atoms with Crippen molar-refractivity contribution in [2.24, 2.45) is 22.7 Å². The third-order valence-electron chi connectivity index (χ3n) is 3.89. The van der Waals surface area contributed by atoms with Crippen LogP contribution in [0.1, 0.15) is 24.8 Å². The van der Waals surface area contributed by atoms with Gasteiger partial charge in [-0.15, -0.1) is 12.4 Å². The molecule has 0 heterocycles. The summed E-state index contributed by atoms with van der Waals surface area (Å²) in [4.78, 5) is 12.2. The van der Waals surface area contributed by atoms with E-state index < -0.39 is 10.0 Å². The van der Waals surface area contributed by atoms with Crippen molar-refractivity contribution in [2.45, 2.75) is 25.0 Å². The molecule has 0 radical (unpaired) electrons. The number of primary sulfonamides is 1. The summed E-state index contributed by atoms with van der Waals surface area (Å²) in [5.41, 5.74) is 6.93. The van der Waals surface area contributed by atoms with Gasteiger partial charge in [-0.3, -0.25) is 4.79 Å². The van der Waals surface area contributed by atoms with Gasteiger partial charge >= 0.3 is 0 Å². The van der Waals surface area contributed by atoms with E-state index in [1.54, 1.807) is 24.3 Å². The lowest BCUT2D eigenvalue weighted by molar-refractivity contribution is -0.120. The first-order valence-corrected chi connectivity index (χ1v) is 8.71. The molecule has 1 saturated carbocycles. The molecule has 8 heteroatoms. The van der Waals surface area contributed by atoms with Crippen LogP contribution in [0.4, 0.5) is 5.69 Å². The lowest BCUT2D eigenvalue weighted by Gasteiger charge is -2.17. The number of carbonyl (C=O) groups excluding carboxylic acids is 1. The van der Waals surface area contributed by atoms with Crippen LogP contribution in [0, 0.1) is 11.8 Å². The molecule has 2 atom stereocenters. The fraction of sp³-hybridized carbons (Fsp3) is 0.500. The number of hydrogen-bond donors (Lipinski definition) is 3. The Balaban J connectivity index is 0.00000242. The zero-order chi connectivity index (χ0) is 15.5. The van der Waals surface area contributed by atoms with Crippen LogP contribution >= 0.6 is 12.4 Å². The molecule has 1 aromatic carbocycles. The zero-order valence-corrected chi connectivity index (χ0v) is 13.8. The molecule has 1 aliphatic carbocycles. The first-order chi connectivity index (χ1) is 9.89. The number of sulfonamides is 1. The number of benzene rings is 1. The van der Waals surface area contributed by atoms with Gasteiger partial charge in [-0.05, 0) is 43.0 Å². The number of halogens is 1. The van der Waals surface area contributed by atoms with Gasteiger partial charge in [0.05, 0.1) is 5.75 Å². The predicted molar refractivity (Wildman–Crippen MR) is 89.0 cm³/mol. The van der Waals surface area contributed by atoms with E-state index in [4.69, 9.17) is 10.9 Å². The summed E-state index contributed by atoms with van der Waals surface area (Å²) in [6.45, 7) is 0.533. The average molecular weight is 348 g/mol. The number of anilines is 1. The monoisotopic (exact) mass is 347 g/mol. The Kier molecular flexibility index (Phi) is 6.80. The lowest BCUT2D eigenvalue weighted by Crippen LogP contribution is -2.29. The fourth-order valence-corrected chi connectivity index (χ4v) is 3.47. The van der Waals surface area contributed by atoms with Crippen molar-refractivity contribution in [2.75, 3.05) is 11.9 Å². The van der Waals surface area contributed by atoms with Crippen LogP contribution in [0.25, 0.3) is 0 Å². The smallest absolute Gasteiger partial charge is 0.227 e. The van der Waals surface area contributed by atoms with Crippen LogP contribution in [0.3, 0.4) is 0 Å². The Morgan fingerprint density at radius 1 is 1.23 bits per heavy atom. The molecular weight excluding hydrogens is 326 g/mol. The van der Waals surface area contributed by atoms with Crippen molar-refractivity contribution in [1.29, 1.82) is 0 Å². The highest BCUT2D eigenvalue weighted by atomic mass is 35.5. The highest BCUT2D eigenvalue weighted by Crippen LogP contribution is 2.31. The molecule has 22 heavy (non-hydrogen) atoms. The summed E-state index contributed by atoms with van der Waals surface area (Å²) in [6, 6.07) is 6.67. The number of hydrogen-bond acceptors (Lipinski definition) is 4. The van der Waals surface area contributed by atoms with Gasteiger partial charge in [-0.25, -0.2) is 13.6 Å². The minimum atomic E-state index is -3.54. The summed E-state index contributed by atoms with van der Waals surface area (Å²) in [5, 5.41) is 7.85. The zero-order valence-electron chi connectivity index (χ0n) is 12.2. The Morgan fingerprint density at radius 2 is 1.86 bits per heavy atom. The van der Waals surface area contributed by atoms with Crippen molar-refractivity contribution in [3.05, 3.63) is 29.8 Å². The second-order valence-electron chi connectivity index (χ2n) is 5.53. The minimum Gasteiger partial charge on any atom is -0.330 e. The average Bonchev–Trinajstić information content (AvgIpc) is 2.87. The number of rotatable bonds is 5. The summed E-state index contributed by atoms with van der Waals surface area (Å²) < 4.78 is 22.0. The number of nitrogens with one attached hydrogen (secondary N) is 1. The second-order valence-corrected chi connectivity index (χ2v) is 7.14. The van der Waals surface area contributed by atoms with Crippen molar-refractivity contribution in [3.63, 3.8) is 0 Å². The Morgan fingerprint density at radius 3 is 2.41 bits per heavy atom. The van der Waals surface area contributed by atoms with Gasteiger partial charge in [0.2, 0.25) is 15.9 Å². The fourth-order valence-electron chi connectivity index (χ4n) is 2.82. The van der Waals surface area contributed by atoms with Crippen LogP contribution in [0.2, 0.25) is 0 Å². The van der Waals surface area contributed by atoms with E-state index in [1.807, 2.05) is 0 Å². The number of nitrogens with two attached hydrogens (primary N) is 2. The molecule has 0 bridgehead atoms. The molecule has 6 nitrogen and oxygen atoms in total. The maximum Gasteiger partial charge on any atom is 0.227 e. The summed E-state index contributed by atoms with van der Waals surface area (Å²) in [6.07, 6.45) is 2.91. The maximum absolute atomic E-state index is 12.2. The van der Waals surface area contributed by atoms with Crippen molar-refractivity contribution < 1.29 is 13.2 Å². The molecule has 0 aliphatic heterocycles. The summed E-state index contributed by atoms with van der Waals surface area (Å²) in [7, 11) is -3.54. The van der Waals surface area contributed by atoms with E-state index in [1.165, 1.54) is 0 Å². The van der Waals surface area contributed by atoms with Gasteiger partial charge in [0, 0.05) is 11.6 Å². The van der Waals surface area contributed by atoms with Gasteiger partial charge < -0.3 is 11.1 Å². The number of amides is 1. The summed E-state index contributed by atoms with van der Waals surface area (Å²) in [5.74, 6) is 0.00642. The number of carbonyl (C=O) groups is 1. The molecule has 1 amide bonds. The molecule has 0 aromatic heterocycles. The lowest BCUT2D eigenvalue weighted by atomic mass is 9.95. The first kappa shape index (κ1) is 18.9. The van der Waals surface area contributed by atoms with Crippen molar-refractivity contribution in [1.82, 2.24) is 0 Å². The molecule has 0 spiro atoms. The Hall–Kier alpha value is -1.15. The minimum absolute atomic E-state index is 0. The second kappa shape index (κ2) is 7.92. The van der Waals surface area contributed by atoms with Gasteiger partial charge in [-0.2, -0.15) is 0 Å². The molecule has 1 aliphatic rings. The molecule has 1 aromatic rings. The van der Waals surface area contributed by atoms with E-state index in [2.05, 4.69) is 5.32 Å². The van der Waals surface area contributed by atoms with Crippen molar-refractivity contribution >= 4 is 34.0 Å². The van der Waals surface area contributed by atoms with E-state index >= 15 is 0 Å². The van der Waals surface area contributed by atoms with Gasteiger partial charge in [0.25, 0.3) is 0 Å². The van der Waals surface area contributed by atoms with Crippen LogP contribution in [0.15, 0.2) is 24.3 Å². The first-order valence-electron chi connectivity index (χ1n) is 6.99. The Bertz CT molecular complexity index is 604. The van der Waals surface area contributed by atoms with Crippen LogP contribution in [-0.4, -0.2) is 20.9 Å². The third kappa shape index (κ3) is 5.24. The van der Waals surface area contributed by atoms with E-state index in [9.17, 15) is 13.2 Å². The van der Waals surface area contributed by atoms with E-state index in [0.29, 0.717) is 17.8 Å². The van der Waals surface area contributed by atoms with Crippen LogP contribution in [-0.2, 0) is 20.6 Å². The molecule has 0 saturated heterocycles. The quantitative estimate of drug-likeness (QED) is 0.742. The van der Waals surface area contributed by atoms with Crippen molar-refractivity contribution in [3.8, 4) is 0 Å². The molecule has 1 fully saturated rings. The standard InChI is InChI=1S/C14H21N3O3S.ClH/c15-8-11-2-1-3-13(11)14(18)17-12-6-4-10(5-7-12)9-21(16,19)20;/h4-7,11,13H,1-3,8-9,15H2,(H,17,18)(H2,16,19,20);1H/t11-,13-;/m1./s1. The van der Waals surface area contributed by atoms with Crippen LogP contribution in [0.5, 0.6) is 0 Å². The molecule has 5 N–H and O–H groups in total. The SMILES string of the molecule is Cl.NC[C@H]1CCC[C@H]1C(=O)Nc1ccc(CS(N)(=O)=O)cc1. The van der Waals surface area contributed by atoms with Crippen LogP contribution < -0.4 is 16.2 Å². The maximum atomic E-state index is 12.2. The molecule has 2 rings (SSSR count). The largest absolute Gasteiger partial charge is 0.330 e. The predicted octanol–water partition coefficient (Wildman–Crippen LogP) is 1.21. The molecule has 0 unspecified atom stereocenters. The summed E-state index contributed by atoms with van der Waals surface area (Å²) >= 11 is 0. The topological polar surface area (TPSA) is 115 Å². The highest BCUT2D eigenvalue weighted by molar-refractivity contribution is 7.88. The van der Waals surface area contributed by atoms with Gasteiger partial charge in [0.1, 0.15) is 0 Å².